The molecule has 0 saturated carbocycles. The molecule has 33 heavy (non-hydrogen) atoms. The van der Waals surface area contributed by atoms with Gasteiger partial charge in [-0.05, 0) is 25.3 Å². The first-order chi connectivity index (χ1) is 15.3. The summed E-state index contributed by atoms with van der Waals surface area (Å²) in [7, 11) is 0. The van der Waals surface area contributed by atoms with Gasteiger partial charge in [-0.2, -0.15) is 0 Å². The molecule has 1 aromatic carbocycles. The molecule has 0 saturated heterocycles. The van der Waals surface area contributed by atoms with Gasteiger partial charge in [-0.25, -0.2) is 0 Å². The monoisotopic (exact) mass is 568 g/mol. The zero-order chi connectivity index (χ0) is 25.0. The molecule has 0 heterocycles. The van der Waals surface area contributed by atoms with Crippen LogP contribution in [0.1, 0.15) is 127 Å². The number of carbonyl (C=O) groups excluding carboxylic acids is 2. The molecule has 0 N–H and O–H groups in total. The number of aliphatic carboxylic acids is 1. The Hall–Kier alpha value is -1.04. The van der Waals surface area contributed by atoms with E-state index in [-0.39, 0.29) is 35.9 Å². The normalized spacial score (nSPS) is 9.03. The number of carbonyl (C=O) groups is 2. The number of rotatable bonds is 13. The van der Waals surface area contributed by atoms with Gasteiger partial charge in [0.1, 0.15) is 0 Å². The quantitative estimate of drug-likeness (QED) is 0.221. The first-order valence-corrected chi connectivity index (χ1v) is 12.4. The van der Waals surface area contributed by atoms with Gasteiger partial charge in [0.15, 0.2) is 0 Å². The molecular weight excluding hydrogens is 519 g/mol. The predicted molar refractivity (Wildman–Crippen MR) is 139 cm³/mol. The van der Waals surface area contributed by atoms with Crippen LogP contribution in [-0.2, 0) is 4.79 Å². The second-order valence-electron chi connectivity index (χ2n) is 7.76. The van der Waals surface area contributed by atoms with E-state index in [9.17, 15) is 19.8 Å². The number of carboxylic acid groups (broad SMARTS) is 2. The van der Waals surface area contributed by atoms with Gasteiger partial charge < -0.3 is 19.8 Å². The molecule has 0 fully saturated rings. The molecule has 188 valence electrons. The van der Waals surface area contributed by atoms with Crippen LogP contribution in [0.4, 0.5) is 0 Å². The third kappa shape index (κ3) is 35.7. The van der Waals surface area contributed by atoms with Gasteiger partial charge in [0.2, 0.25) is 0 Å². The van der Waals surface area contributed by atoms with Gasteiger partial charge in [-0.15, -0.1) is 0 Å². The molecule has 4 radical (unpaired) electrons. The minimum Gasteiger partial charge on any atom is -0.550 e. The third-order valence-corrected chi connectivity index (χ3v) is 4.56. The zero-order valence-electron chi connectivity index (χ0n) is 21.8. The smallest absolute Gasteiger partial charge is 0.550 e. The van der Waals surface area contributed by atoms with Gasteiger partial charge in [0.05, 0.1) is 5.97 Å². The summed E-state index contributed by atoms with van der Waals surface area (Å²) in [4.78, 5) is 20.4. The average Bonchev–Trinajstić information content (AvgIpc) is 2.78. The maximum absolute atomic E-state index is 10.3. The number of aromatic carboxylic acids is 1. The first-order valence-electron chi connectivity index (χ1n) is 12.4. The summed E-state index contributed by atoms with van der Waals surface area (Å²) in [6.07, 6.45) is 15.7. The van der Waals surface area contributed by atoms with Crippen molar-refractivity contribution < 1.29 is 19.8 Å². The van der Waals surface area contributed by atoms with Crippen LogP contribution in [-0.4, -0.2) is 35.8 Å². The molecule has 5 heteroatoms. The van der Waals surface area contributed by atoms with Crippen LogP contribution in [0.3, 0.4) is 0 Å². The van der Waals surface area contributed by atoms with Crippen LogP contribution in [0.25, 0.3) is 0 Å². The summed E-state index contributed by atoms with van der Waals surface area (Å²) in [5.74, 6) is -2.02. The van der Waals surface area contributed by atoms with Crippen LogP contribution in [0.5, 0.6) is 0 Å². The number of aryl methyl sites for hydroxylation is 1. The fraction of sp³-hybridized carbons (Fsp3) is 0.643. The average molecular weight is 567 g/mol. The van der Waals surface area contributed by atoms with E-state index in [1.54, 1.807) is 25.1 Å². The van der Waals surface area contributed by atoms with Crippen molar-refractivity contribution in [1.29, 1.82) is 0 Å². The fourth-order valence-corrected chi connectivity index (χ4v) is 2.38. The molecule has 1 rings (SSSR count). The van der Waals surface area contributed by atoms with Gasteiger partial charge in [0.25, 0.3) is 0 Å². The van der Waals surface area contributed by atoms with Crippen molar-refractivity contribution >= 4 is 35.8 Å². The van der Waals surface area contributed by atoms with Crippen molar-refractivity contribution in [3.05, 3.63) is 49.2 Å². The minimum absolute atomic E-state index is 0. The second-order valence-corrected chi connectivity index (χ2v) is 7.76. The van der Waals surface area contributed by atoms with Gasteiger partial charge in [-0.1, -0.05) is 136 Å². The van der Waals surface area contributed by atoms with E-state index < -0.39 is 11.9 Å². The van der Waals surface area contributed by atoms with Crippen molar-refractivity contribution in [2.45, 2.75) is 118 Å². The van der Waals surface area contributed by atoms with E-state index in [1.165, 1.54) is 63.9 Å². The molecule has 0 bridgehead atoms. The SMILES string of the molecule is CCCCCCCCCCCC(=O)[O-].Cc1ccccc1C(=O)[O-].[CH2]CCC.[CH2]CCC.[Sn+2]. The number of carboxylic acids is 2. The summed E-state index contributed by atoms with van der Waals surface area (Å²) < 4.78 is 0. The molecule has 0 aliphatic heterocycles. The Morgan fingerprint density at radius 3 is 1.42 bits per heavy atom. The van der Waals surface area contributed by atoms with Gasteiger partial charge >= 0.3 is 23.9 Å². The standard InChI is InChI=1S/C12H24O2.C8H8O2.2C4H9.Sn/c1-2-3-4-5-6-7-8-9-10-11-12(13)14;1-6-4-2-3-5-7(6)8(9)10;2*1-3-4-2;/h2-11H2,1H3,(H,13,14);2-5H,1H3,(H,9,10);2*1,3-4H2,2H3;/q;;;;+2/p-2. The van der Waals surface area contributed by atoms with Crippen molar-refractivity contribution in [3.63, 3.8) is 0 Å². The number of unbranched alkanes of at least 4 members (excludes halogenated alkanes) is 10. The van der Waals surface area contributed by atoms with Crippen molar-refractivity contribution in [3.8, 4) is 0 Å². The molecule has 0 atom stereocenters. The third-order valence-electron chi connectivity index (χ3n) is 4.56. The van der Waals surface area contributed by atoms with Gasteiger partial charge in [-0.3, -0.25) is 0 Å². The van der Waals surface area contributed by atoms with E-state index in [0.29, 0.717) is 0 Å². The van der Waals surface area contributed by atoms with Crippen LogP contribution >= 0.6 is 0 Å². The van der Waals surface area contributed by atoms with Crippen molar-refractivity contribution in [2.75, 3.05) is 0 Å². The minimum atomic E-state index is -1.11. The maximum atomic E-state index is 10.3. The maximum Gasteiger partial charge on any atom is 2.00 e. The fourth-order valence-electron chi connectivity index (χ4n) is 2.38. The largest absolute Gasteiger partial charge is 2.00 e. The molecule has 0 spiro atoms. The summed E-state index contributed by atoms with van der Waals surface area (Å²) >= 11 is 0. The number of hydrogen-bond donors (Lipinski definition) is 0. The number of benzene rings is 1. The Morgan fingerprint density at radius 1 is 0.727 bits per heavy atom. The van der Waals surface area contributed by atoms with E-state index in [4.69, 9.17) is 0 Å². The van der Waals surface area contributed by atoms with Crippen LogP contribution in [0, 0.1) is 20.8 Å². The first kappa shape index (κ1) is 39.2. The summed E-state index contributed by atoms with van der Waals surface area (Å²) in [5, 5.41) is 20.4. The van der Waals surface area contributed by atoms with Crippen molar-refractivity contribution in [2.24, 2.45) is 0 Å². The van der Waals surface area contributed by atoms with Crippen LogP contribution in [0.2, 0.25) is 0 Å². The Balaban J connectivity index is -0.000000192. The Labute approximate surface area is 221 Å². The predicted octanol–water partition coefficient (Wildman–Crippen LogP) is 5.88. The molecule has 0 unspecified atom stereocenters. The van der Waals surface area contributed by atoms with E-state index in [0.717, 1.165) is 31.2 Å². The van der Waals surface area contributed by atoms with Crippen LogP contribution in [0.15, 0.2) is 24.3 Å². The van der Waals surface area contributed by atoms with Gasteiger partial charge in [0, 0.05) is 11.5 Å². The molecule has 1 aromatic rings. The van der Waals surface area contributed by atoms with E-state index in [1.807, 2.05) is 0 Å². The van der Waals surface area contributed by atoms with E-state index >= 15 is 0 Å². The second kappa shape index (κ2) is 33.1. The molecule has 0 amide bonds. The summed E-state index contributed by atoms with van der Waals surface area (Å²) in [5.41, 5.74) is 1.00. The molecule has 4 nitrogen and oxygen atoms in total. The number of hydrogen-bond acceptors (Lipinski definition) is 4. The zero-order valence-corrected chi connectivity index (χ0v) is 24.6. The Morgan fingerprint density at radius 2 is 1.12 bits per heavy atom. The Bertz CT molecular complexity index is 524. The van der Waals surface area contributed by atoms with Crippen LogP contribution < -0.4 is 10.2 Å². The van der Waals surface area contributed by atoms with E-state index in [2.05, 4.69) is 34.6 Å². The summed E-state index contributed by atoms with van der Waals surface area (Å²) in [6.45, 7) is 15.4. The molecule has 0 aromatic heterocycles. The van der Waals surface area contributed by atoms with Crippen molar-refractivity contribution in [1.82, 2.24) is 0 Å². The molecular formula is C28H48O4Sn. The molecule has 0 aliphatic carbocycles. The Kier molecular flexibility index (Phi) is 39.3. The topological polar surface area (TPSA) is 80.3 Å². The summed E-state index contributed by atoms with van der Waals surface area (Å²) in [6, 6.07) is 6.75. The molecule has 0 aliphatic rings.